The van der Waals surface area contributed by atoms with E-state index < -0.39 is 0 Å². The molecule has 8 heteroatoms. The van der Waals surface area contributed by atoms with Gasteiger partial charge in [-0.1, -0.05) is 60.3 Å². The number of hydrogen-bond acceptors (Lipinski definition) is 6. The van der Waals surface area contributed by atoms with Crippen molar-refractivity contribution in [2.45, 2.75) is 12.1 Å². The third kappa shape index (κ3) is 4.18. The molecule has 1 amide bonds. The zero-order valence-corrected chi connectivity index (χ0v) is 17.0. The number of hydrogen-bond donors (Lipinski definition) is 2. The number of phenolic OH excluding ortho intramolecular Hbond substituents is 1. The van der Waals surface area contributed by atoms with Crippen LogP contribution in [0.1, 0.15) is 11.4 Å². The predicted octanol–water partition coefficient (Wildman–Crippen LogP) is 3.68. The highest BCUT2D eigenvalue weighted by atomic mass is 32.2. The molecule has 4 aromatic rings. The normalized spacial score (nSPS) is 11.2. The number of aromatic hydroxyl groups is 1. The number of fused-ring (bicyclic) bond motifs is 1. The summed E-state index contributed by atoms with van der Waals surface area (Å²) < 4.78 is 1.90. The minimum Gasteiger partial charge on any atom is -0.507 e. The molecule has 7 nitrogen and oxygen atoms in total. The minimum atomic E-state index is -0.281. The summed E-state index contributed by atoms with van der Waals surface area (Å²) >= 11 is 1.28. The van der Waals surface area contributed by atoms with Gasteiger partial charge in [0.25, 0.3) is 5.91 Å². The number of aromatic nitrogens is 3. The molecule has 0 aliphatic rings. The lowest BCUT2D eigenvalue weighted by Gasteiger charge is -2.07. The second-order valence-corrected chi connectivity index (χ2v) is 7.44. The van der Waals surface area contributed by atoms with Crippen molar-refractivity contribution in [2.75, 3.05) is 5.75 Å². The Morgan fingerprint density at radius 3 is 2.70 bits per heavy atom. The first-order chi connectivity index (χ1) is 14.6. The fraction of sp³-hybridized carbons (Fsp3) is 0.0909. The fourth-order valence-electron chi connectivity index (χ4n) is 3.06. The number of phenols is 1. The van der Waals surface area contributed by atoms with E-state index in [1.165, 1.54) is 18.0 Å². The summed E-state index contributed by atoms with van der Waals surface area (Å²) in [5.41, 5.74) is 3.99. The Hall–Kier alpha value is -3.65. The van der Waals surface area contributed by atoms with Gasteiger partial charge in [0, 0.05) is 11.3 Å². The highest BCUT2D eigenvalue weighted by Gasteiger charge is 2.13. The lowest BCUT2D eigenvalue weighted by molar-refractivity contribution is -0.118. The Kier molecular flexibility index (Phi) is 5.76. The van der Waals surface area contributed by atoms with Crippen LogP contribution in [0, 0.1) is 6.92 Å². The maximum Gasteiger partial charge on any atom is 0.250 e. The number of para-hydroxylation sites is 1. The molecule has 1 aromatic heterocycles. The highest BCUT2D eigenvalue weighted by molar-refractivity contribution is 7.99. The number of aryl methyl sites for hydroxylation is 1. The Morgan fingerprint density at radius 2 is 1.87 bits per heavy atom. The van der Waals surface area contributed by atoms with Gasteiger partial charge in [-0.05, 0) is 35.9 Å². The third-order valence-corrected chi connectivity index (χ3v) is 5.40. The molecule has 0 fully saturated rings. The maximum atomic E-state index is 12.2. The predicted molar refractivity (Wildman–Crippen MR) is 118 cm³/mol. The maximum absolute atomic E-state index is 12.2. The quantitative estimate of drug-likeness (QED) is 0.284. The number of amides is 1. The molecular weight excluding hydrogens is 398 g/mol. The van der Waals surface area contributed by atoms with E-state index in [1.807, 2.05) is 72.2 Å². The smallest absolute Gasteiger partial charge is 0.250 e. The van der Waals surface area contributed by atoms with Gasteiger partial charge in [0.15, 0.2) is 5.16 Å². The second kappa shape index (κ2) is 8.79. The van der Waals surface area contributed by atoms with Crippen molar-refractivity contribution in [3.8, 4) is 11.4 Å². The number of nitrogens with zero attached hydrogens (tertiary/aromatic N) is 4. The number of hydrazone groups is 1. The van der Waals surface area contributed by atoms with E-state index >= 15 is 0 Å². The highest BCUT2D eigenvalue weighted by Crippen LogP contribution is 2.25. The average Bonchev–Trinajstić information content (AvgIpc) is 3.14. The van der Waals surface area contributed by atoms with Crippen LogP contribution in [-0.4, -0.2) is 37.7 Å². The molecule has 4 rings (SSSR count). The molecule has 3 aromatic carbocycles. The molecule has 0 bridgehead atoms. The first-order valence-corrected chi connectivity index (χ1v) is 10.2. The molecule has 0 unspecified atom stereocenters. The Labute approximate surface area is 177 Å². The van der Waals surface area contributed by atoms with Crippen molar-refractivity contribution in [2.24, 2.45) is 5.10 Å². The standard InChI is InChI=1S/C22H19N5O2S/c1-15-24-26-22(27(15)17-8-3-2-4-9-17)30-14-21(29)25-23-13-19-18-10-6-5-7-16(18)11-12-20(19)28/h2-13,28H,14H2,1H3,(H,25,29)/b23-13+. The van der Waals surface area contributed by atoms with E-state index in [2.05, 4.69) is 20.7 Å². The molecule has 0 saturated carbocycles. The van der Waals surface area contributed by atoms with Gasteiger partial charge in [-0.15, -0.1) is 10.2 Å². The zero-order chi connectivity index (χ0) is 20.9. The third-order valence-electron chi connectivity index (χ3n) is 4.47. The molecule has 150 valence electrons. The summed E-state index contributed by atoms with van der Waals surface area (Å²) in [6.45, 7) is 1.87. The van der Waals surface area contributed by atoms with Crippen molar-refractivity contribution in [1.29, 1.82) is 0 Å². The number of thioether (sulfide) groups is 1. The molecular formula is C22H19N5O2S. The number of benzene rings is 3. The summed E-state index contributed by atoms with van der Waals surface area (Å²) in [6, 6.07) is 20.8. The van der Waals surface area contributed by atoms with Crippen LogP contribution in [-0.2, 0) is 4.79 Å². The molecule has 0 spiro atoms. The summed E-state index contributed by atoms with van der Waals surface area (Å²) in [5.74, 6) is 0.696. The van der Waals surface area contributed by atoms with Gasteiger partial charge in [0.2, 0.25) is 0 Å². The Morgan fingerprint density at radius 1 is 1.10 bits per heavy atom. The molecule has 30 heavy (non-hydrogen) atoms. The largest absolute Gasteiger partial charge is 0.507 e. The fourth-order valence-corrected chi connectivity index (χ4v) is 3.85. The van der Waals surface area contributed by atoms with Crippen molar-refractivity contribution >= 4 is 34.7 Å². The van der Waals surface area contributed by atoms with Crippen molar-refractivity contribution in [1.82, 2.24) is 20.2 Å². The number of nitrogens with one attached hydrogen (secondary N) is 1. The molecule has 2 N–H and O–H groups in total. The second-order valence-electron chi connectivity index (χ2n) is 6.50. The van der Waals surface area contributed by atoms with E-state index in [0.29, 0.717) is 10.7 Å². The van der Waals surface area contributed by atoms with E-state index in [0.717, 1.165) is 22.3 Å². The summed E-state index contributed by atoms with van der Waals surface area (Å²) in [4.78, 5) is 12.2. The Bertz CT molecular complexity index is 1220. The zero-order valence-electron chi connectivity index (χ0n) is 16.2. The van der Waals surface area contributed by atoms with Crippen LogP contribution in [0.3, 0.4) is 0 Å². The molecule has 0 atom stereocenters. The van der Waals surface area contributed by atoms with Crippen molar-refractivity contribution in [3.63, 3.8) is 0 Å². The summed E-state index contributed by atoms with van der Waals surface area (Å²) in [6.07, 6.45) is 1.46. The van der Waals surface area contributed by atoms with E-state index in [9.17, 15) is 9.90 Å². The summed E-state index contributed by atoms with van der Waals surface area (Å²) in [7, 11) is 0. The molecule has 0 saturated heterocycles. The van der Waals surface area contributed by atoms with Crippen LogP contribution in [0.5, 0.6) is 5.75 Å². The molecule has 0 aliphatic carbocycles. The lowest BCUT2D eigenvalue weighted by Crippen LogP contribution is -2.20. The van der Waals surface area contributed by atoms with Gasteiger partial charge < -0.3 is 5.11 Å². The SMILES string of the molecule is Cc1nnc(SCC(=O)N/N=C/c2c(O)ccc3ccccc23)n1-c1ccccc1. The first kappa shape index (κ1) is 19.7. The van der Waals surface area contributed by atoms with Crippen molar-refractivity contribution < 1.29 is 9.90 Å². The Balaban J connectivity index is 1.42. The van der Waals surface area contributed by atoms with Gasteiger partial charge in [-0.25, -0.2) is 5.43 Å². The van der Waals surface area contributed by atoms with Gasteiger partial charge in [0.1, 0.15) is 11.6 Å². The molecule has 0 radical (unpaired) electrons. The van der Waals surface area contributed by atoms with Gasteiger partial charge in [-0.3, -0.25) is 9.36 Å². The van der Waals surface area contributed by atoms with Crippen LogP contribution in [0.25, 0.3) is 16.5 Å². The van der Waals surface area contributed by atoms with Gasteiger partial charge in [0.05, 0.1) is 12.0 Å². The number of carbonyl (C=O) groups is 1. The van der Waals surface area contributed by atoms with E-state index in [1.54, 1.807) is 6.07 Å². The summed E-state index contributed by atoms with van der Waals surface area (Å²) in [5, 5.41) is 24.9. The minimum absolute atomic E-state index is 0.104. The molecule has 0 aliphatic heterocycles. The van der Waals surface area contributed by atoms with Crippen LogP contribution >= 0.6 is 11.8 Å². The van der Waals surface area contributed by atoms with Crippen LogP contribution < -0.4 is 5.43 Å². The van der Waals surface area contributed by atoms with Gasteiger partial charge >= 0.3 is 0 Å². The molecule has 1 heterocycles. The topological polar surface area (TPSA) is 92.4 Å². The number of rotatable bonds is 6. The average molecular weight is 417 g/mol. The van der Waals surface area contributed by atoms with Crippen LogP contribution in [0.2, 0.25) is 0 Å². The van der Waals surface area contributed by atoms with Crippen molar-refractivity contribution in [3.05, 3.63) is 78.1 Å². The van der Waals surface area contributed by atoms with Gasteiger partial charge in [-0.2, -0.15) is 5.10 Å². The first-order valence-electron chi connectivity index (χ1n) is 9.26. The lowest BCUT2D eigenvalue weighted by atomic mass is 10.0. The van der Waals surface area contributed by atoms with Crippen LogP contribution in [0.4, 0.5) is 0 Å². The van der Waals surface area contributed by atoms with E-state index in [4.69, 9.17) is 0 Å². The van der Waals surface area contributed by atoms with E-state index in [-0.39, 0.29) is 17.4 Å². The number of carbonyl (C=O) groups excluding carboxylic acids is 1. The van der Waals surface area contributed by atoms with Crippen LogP contribution in [0.15, 0.2) is 77.0 Å². The monoisotopic (exact) mass is 417 g/mol.